The maximum atomic E-state index is 12.4. The number of carbonyl (C=O) groups is 1. The number of nitrogens with one attached hydrogen (secondary N) is 1. The first-order valence-electron chi connectivity index (χ1n) is 7.85. The van der Waals surface area contributed by atoms with E-state index in [1.54, 1.807) is 4.90 Å². The van der Waals surface area contributed by atoms with Crippen LogP contribution in [0.3, 0.4) is 0 Å². The van der Waals surface area contributed by atoms with Gasteiger partial charge in [0.2, 0.25) is 0 Å². The molecule has 130 valence electrons. The van der Waals surface area contributed by atoms with Crippen molar-refractivity contribution in [3.05, 3.63) is 23.2 Å². The molecule has 0 aliphatic heterocycles. The van der Waals surface area contributed by atoms with Crippen molar-refractivity contribution >= 4 is 33.2 Å². The molecule has 1 rings (SSSR count). The van der Waals surface area contributed by atoms with Crippen molar-refractivity contribution in [2.45, 2.75) is 44.4 Å². The molecule has 0 atom stereocenters. The molecule has 0 aliphatic rings. The third-order valence-electron chi connectivity index (χ3n) is 3.46. The Morgan fingerprint density at radius 1 is 1.17 bits per heavy atom. The van der Waals surface area contributed by atoms with E-state index in [1.165, 1.54) is 18.2 Å². The fourth-order valence-corrected chi connectivity index (χ4v) is 2.85. The van der Waals surface area contributed by atoms with Crippen LogP contribution in [-0.2, 0) is 9.84 Å². The third-order valence-corrected chi connectivity index (χ3v) is 4.90. The minimum absolute atomic E-state index is 0.130. The molecule has 1 aromatic carbocycles. The lowest BCUT2D eigenvalue weighted by atomic mass is 10.2. The first-order valence-corrected chi connectivity index (χ1v) is 10.1. The predicted molar refractivity (Wildman–Crippen MR) is 95.0 cm³/mol. The number of sulfone groups is 1. The van der Waals surface area contributed by atoms with Crippen LogP contribution in [0, 0.1) is 0 Å². The van der Waals surface area contributed by atoms with Gasteiger partial charge in [-0.2, -0.15) is 0 Å². The van der Waals surface area contributed by atoms with Crippen molar-refractivity contribution in [2.75, 3.05) is 24.7 Å². The summed E-state index contributed by atoms with van der Waals surface area (Å²) in [6, 6.07) is 4.06. The standard InChI is InChI=1S/C16H25ClN2O3S/c1-4-6-10-19(11-7-5-2)16(20)18-15-12-13(23(3,21)22)8-9-14(15)17/h8-9,12H,4-7,10-11H2,1-3H3,(H,18,20). The van der Waals surface area contributed by atoms with Gasteiger partial charge in [0, 0.05) is 19.3 Å². The van der Waals surface area contributed by atoms with Crippen molar-refractivity contribution in [3.8, 4) is 0 Å². The molecule has 0 fully saturated rings. The molecule has 0 aromatic heterocycles. The van der Waals surface area contributed by atoms with Crippen LogP contribution in [0.5, 0.6) is 0 Å². The summed E-state index contributed by atoms with van der Waals surface area (Å²) >= 11 is 6.08. The zero-order valence-electron chi connectivity index (χ0n) is 13.9. The molecule has 1 N–H and O–H groups in total. The smallest absolute Gasteiger partial charge is 0.321 e. The van der Waals surface area contributed by atoms with Crippen LogP contribution in [0.15, 0.2) is 23.1 Å². The van der Waals surface area contributed by atoms with E-state index in [4.69, 9.17) is 11.6 Å². The highest BCUT2D eigenvalue weighted by molar-refractivity contribution is 7.90. The molecular weight excluding hydrogens is 336 g/mol. The van der Waals surface area contributed by atoms with Gasteiger partial charge < -0.3 is 10.2 Å². The number of anilines is 1. The number of hydrogen-bond donors (Lipinski definition) is 1. The second-order valence-electron chi connectivity index (χ2n) is 5.54. The Morgan fingerprint density at radius 2 is 1.74 bits per heavy atom. The summed E-state index contributed by atoms with van der Waals surface area (Å²) in [5.41, 5.74) is 0.317. The minimum Gasteiger partial charge on any atom is -0.325 e. The van der Waals surface area contributed by atoms with Gasteiger partial charge in [-0.3, -0.25) is 0 Å². The zero-order chi connectivity index (χ0) is 17.5. The minimum atomic E-state index is -3.35. The first kappa shape index (κ1) is 19.8. The van der Waals surface area contributed by atoms with Crippen molar-refractivity contribution in [3.63, 3.8) is 0 Å². The Bertz CT molecular complexity index is 624. The van der Waals surface area contributed by atoms with Crippen LogP contribution in [0.4, 0.5) is 10.5 Å². The lowest BCUT2D eigenvalue weighted by molar-refractivity contribution is 0.210. The molecule has 0 saturated heterocycles. The van der Waals surface area contributed by atoms with E-state index in [9.17, 15) is 13.2 Å². The zero-order valence-corrected chi connectivity index (χ0v) is 15.5. The fraction of sp³-hybridized carbons (Fsp3) is 0.562. The van der Waals surface area contributed by atoms with E-state index in [-0.39, 0.29) is 10.9 Å². The maximum absolute atomic E-state index is 12.4. The van der Waals surface area contributed by atoms with Crippen molar-refractivity contribution in [1.29, 1.82) is 0 Å². The van der Waals surface area contributed by atoms with Crippen LogP contribution in [0.1, 0.15) is 39.5 Å². The van der Waals surface area contributed by atoms with Gasteiger partial charge in [-0.1, -0.05) is 38.3 Å². The first-order chi connectivity index (χ1) is 10.8. The summed E-state index contributed by atoms with van der Waals surface area (Å²) in [7, 11) is -3.35. The Morgan fingerprint density at radius 3 is 2.22 bits per heavy atom. The van der Waals surface area contributed by atoms with E-state index in [2.05, 4.69) is 19.2 Å². The average molecular weight is 361 g/mol. The number of amides is 2. The highest BCUT2D eigenvalue weighted by atomic mass is 35.5. The Hall–Kier alpha value is -1.27. The summed E-state index contributed by atoms with van der Waals surface area (Å²) in [4.78, 5) is 14.3. The van der Waals surface area contributed by atoms with E-state index in [0.29, 0.717) is 23.8 Å². The molecule has 2 amide bonds. The van der Waals surface area contributed by atoms with Crippen LogP contribution in [0.2, 0.25) is 5.02 Å². The van der Waals surface area contributed by atoms with E-state index in [0.717, 1.165) is 31.9 Å². The third kappa shape index (κ3) is 6.39. The van der Waals surface area contributed by atoms with E-state index >= 15 is 0 Å². The van der Waals surface area contributed by atoms with Crippen LogP contribution in [-0.4, -0.2) is 38.7 Å². The monoisotopic (exact) mass is 360 g/mol. The predicted octanol–water partition coefficient (Wildman–Crippen LogP) is 4.18. The fourth-order valence-electron chi connectivity index (χ4n) is 2.04. The normalized spacial score (nSPS) is 11.3. The number of urea groups is 1. The summed E-state index contributed by atoms with van der Waals surface area (Å²) < 4.78 is 23.3. The Kier molecular flexibility index (Phi) is 7.85. The highest BCUT2D eigenvalue weighted by Crippen LogP contribution is 2.25. The quantitative estimate of drug-likeness (QED) is 0.756. The van der Waals surface area contributed by atoms with Gasteiger partial charge in [-0.25, -0.2) is 13.2 Å². The molecule has 0 heterocycles. The van der Waals surface area contributed by atoms with Crippen molar-refractivity contribution in [2.24, 2.45) is 0 Å². The average Bonchev–Trinajstić information content (AvgIpc) is 2.48. The van der Waals surface area contributed by atoms with Crippen molar-refractivity contribution < 1.29 is 13.2 Å². The second-order valence-corrected chi connectivity index (χ2v) is 7.96. The molecule has 0 spiro atoms. The molecule has 5 nitrogen and oxygen atoms in total. The molecule has 1 aromatic rings. The summed E-state index contributed by atoms with van der Waals surface area (Å²) in [6.45, 7) is 5.49. The lowest BCUT2D eigenvalue weighted by Crippen LogP contribution is -2.36. The molecule has 23 heavy (non-hydrogen) atoms. The number of nitrogens with zero attached hydrogens (tertiary/aromatic N) is 1. The van der Waals surface area contributed by atoms with Gasteiger partial charge in [0.25, 0.3) is 0 Å². The van der Waals surface area contributed by atoms with Gasteiger partial charge in [0.1, 0.15) is 0 Å². The summed E-state index contributed by atoms with van der Waals surface area (Å²) in [5.74, 6) is 0. The molecule has 7 heteroatoms. The van der Waals surface area contributed by atoms with E-state index < -0.39 is 9.84 Å². The van der Waals surface area contributed by atoms with Crippen LogP contribution in [0.25, 0.3) is 0 Å². The Labute approximate surface area is 143 Å². The van der Waals surface area contributed by atoms with Gasteiger partial charge >= 0.3 is 6.03 Å². The molecule has 0 unspecified atom stereocenters. The van der Waals surface area contributed by atoms with Crippen LogP contribution >= 0.6 is 11.6 Å². The largest absolute Gasteiger partial charge is 0.325 e. The molecule has 0 bridgehead atoms. The van der Waals surface area contributed by atoms with Crippen LogP contribution < -0.4 is 5.32 Å². The molecular formula is C16H25ClN2O3S. The summed E-state index contributed by atoms with van der Waals surface area (Å²) in [6.07, 6.45) is 4.97. The van der Waals surface area contributed by atoms with Gasteiger partial charge in [0.15, 0.2) is 9.84 Å². The second kappa shape index (κ2) is 9.13. The topological polar surface area (TPSA) is 66.5 Å². The SMILES string of the molecule is CCCCN(CCCC)C(=O)Nc1cc(S(C)(=O)=O)ccc1Cl. The van der Waals surface area contributed by atoms with Gasteiger partial charge in [0.05, 0.1) is 15.6 Å². The Balaban J connectivity index is 2.92. The van der Waals surface area contributed by atoms with E-state index in [1.807, 2.05) is 0 Å². The number of halogens is 1. The van der Waals surface area contributed by atoms with Gasteiger partial charge in [-0.05, 0) is 31.0 Å². The number of rotatable bonds is 8. The molecule has 0 radical (unpaired) electrons. The molecule has 0 aliphatic carbocycles. The van der Waals surface area contributed by atoms with Gasteiger partial charge in [-0.15, -0.1) is 0 Å². The number of unbranched alkanes of at least 4 members (excludes halogenated alkanes) is 2. The molecule has 0 saturated carbocycles. The van der Waals surface area contributed by atoms with Crippen molar-refractivity contribution in [1.82, 2.24) is 4.90 Å². The maximum Gasteiger partial charge on any atom is 0.321 e. The summed E-state index contributed by atoms with van der Waals surface area (Å²) in [5, 5.41) is 3.05. The number of carbonyl (C=O) groups excluding carboxylic acids is 1. The highest BCUT2D eigenvalue weighted by Gasteiger charge is 2.16. The lowest BCUT2D eigenvalue weighted by Gasteiger charge is -2.23. The number of hydrogen-bond acceptors (Lipinski definition) is 3. The number of benzene rings is 1.